The van der Waals surface area contributed by atoms with Crippen LogP contribution < -0.4 is 5.32 Å². The molecule has 0 spiro atoms. The molecule has 0 amide bonds. The fraction of sp³-hybridized carbons (Fsp3) is 0.571. The molecule has 4 heteroatoms. The monoisotopic (exact) mass is 313 g/mol. The van der Waals surface area contributed by atoms with E-state index in [1.54, 1.807) is 7.11 Å². The molecule has 1 aromatic carbocycles. The molecule has 2 rings (SSSR count). The zero-order valence-electron chi connectivity index (χ0n) is 10.7. The Bertz CT molecular complexity index is 405. The van der Waals surface area contributed by atoms with Crippen molar-refractivity contribution in [1.82, 2.24) is 5.32 Å². The van der Waals surface area contributed by atoms with Crippen LogP contribution in [0.4, 0.5) is 0 Å². The van der Waals surface area contributed by atoms with Crippen molar-refractivity contribution in [2.75, 3.05) is 20.3 Å². The molecule has 18 heavy (non-hydrogen) atoms. The average Bonchev–Trinajstić information content (AvgIpc) is 3.13. The minimum Gasteiger partial charge on any atom is -0.506 e. The Balaban J connectivity index is 1.80. The zero-order chi connectivity index (χ0) is 13.0. The average molecular weight is 314 g/mol. The molecule has 0 radical (unpaired) electrons. The van der Waals surface area contributed by atoms with Gasteiger partial charge in [-0.25, -0.2) is 0 Å². The van der Waals surface area contributed by atoms with Crippen LogP contribution in [0.2, 0.25) is 0 Å². The van der Waals surface area contributed by atoms with Crippen molar-refractivity contribution in [2.45, 2.75) is 25.8 Å². The minimum atomic E-state index is 0.340. The number of phenols is 1. The number of nitrogens with one attached hydrogen (secondary N) is 1. The van der Waals surface area contributed by atoms with E-state index < -0.39 is 0 Å². The molecule has 0 heterocycles. The van der Waals surface area contributed by atoms with Gasteiger partial charge in [-0.05, 0) is 46.7 Å². The molecular formula is C14H20BrNO2. The number of benzene rings is 1. The molecule has 1 saturated carbocycles. The Labute approximate surface area is 117 Å². The van der Waals surface area contributed by atoms with Crippen LogP contribution in [0.1, 0.15) is 24.8 Å². The molecule has 1 fully saturated rings. The summed E-state index contributed by atoms with van der Waals surface area (Å²) in [5.74, 6) is 0.340. The van der Waals surface area contributed by atoms with Crippen LogP contribution in [0, 0.1) is 5.41 Å². The van der Waals surface area contributed by atoms with E-state index in [2.05, 4.69) is 21.2 Å². The van der Waals surface area contributed by atoms with Crippen molar-refractivity contribution in [3.8, 4) is 5.75 Å². The van der Waals surface area contributed by atoms with E-state index in [-0.39, 0.29) is 0 Å². The summed E-state index contributed by atoms with van der Waals surface area (Å²) in [6.45, 7) is 2.55. The first-order valence-corrected chi connectivity index (χ1v) is 7.12. The molecular weight excluding hydrogens is 294 g/mol. The molecule has 0 atom stereocenters. The summed E-state index contributed by atoms with van der Waals surface area (Å²) in [7, 11) is 1.75. The number of phenolic OH excluding ortho intramolecular Hbond substituents is 1. The number of para-hydroxylation sites is 1. The van der Waals surface area contributed by atoms with E-state index in [4.69, 9.17) is 4.74 Å². The van der Waals surface area contributed by atoms with Gasteiger partial charge in [0.1, 0.15) is 5.75 Å². The predicted octanol–water partition coefficient (Wildman–Crippen LogP) is 3.06. The van der Waals surface area contributed by atoms with Crippen LogP contribution in [-0.4, -0.2) is 25.4 Å². The van der Waals surface area contributed by atoms with Crippen molar-refractivity contribution >= 4 is 15.9 Å². The van der Waals surface area contributed by atoms with Gasteiger partial charge in [0.15, 0.2) is 0 Å². The summed E-state index contributed by atoms with van der Waals surface area (Å²) in [5, 5.41) is 13.3. The lowest BCUT2D eigenvalue weighted by Crippen LogP contribution is -2.24. The molecule has 1 aliphatic rings. The van der Waals surface area contributed by atoms with Crippen LogP contribution in [0.5, 0.6) is 5.75 Å². The second-order valence-electron chi connectivity index (χ2n) is 5.09. The van der Waals surface area contributed by atoms with Gasteiger partial charge in [-0.2, -0.15) is 0 Å². The van der Waals surface area contributed by atoms with Crippen molar-refractivity contribution in [1.29, 1.82) is 0 Å². The number of halogens is 1. The third-order valence-corrected chi connectivity index (χ3v) is 4.32. The van der Waals surface area contributed by atoms with Crippen LogP contribution in [0.3, 0.4) is 0 Å². The molecule has 100 valence electrons. The van der Waals surface area contributed by atoms with Gasteiger partial charge in [0.2, 0.25) is 0 Å². The van der Waals surface area contributed by atoms with Gasteiger partial charge < -0.3 is 15.2 Å². The molecule has 0 bridgehead atoms. The Morgan fingerprint density at radius 3 is 2.89 bits per heavy atom. The molecule has 1 aliphatic carbocycles. The second-order valence-corrected chi connectivity index (χ2v) is 5.95. The van der Waals surface area contributed by atoms with E-state index >= 15 is 0 Å². The molecule has 3 nitrogen and oxygen atoms in total. The van der Waals surface area contributed by atoms with E-state index in [1.807, 2.05) is 18.2 Å². The highest BCUT2D eigenvalue weighted by atomic mass is 79.9. The maximum atomic E-state index is 9.88. The lowest BCUT2D eigenvalue weighted by atomic mass is 10.0. The van der Waals surface area contributed by atoms with Gasteiger partial charge in [-0.1, -0.05) is 12.1 Å². The molecule has 0 saturated heterocycles. The topological polar surface area (TPSA) is 41.5 Å². The van der Waals surface area contributed by atoms with Gasteiger partial charge in [0.25, 0.3) is 0 Å². The zero-order valence-corrected chi connectivity index (χ0v) is 12.3. The molecule has 0 aromatic heterocycles. The Morgan fingerprint density at radius 1 is 1.44 bits per heavy atom. The number of aromatic hydroxyl groups is 1. The third-order valence-electron chi connectivity index (χ3n) is 3.68. The van der Waals surface area contributed by atoms with Crippen LogP contribution >= 0.6 is 15.9 Å². The standard InChI is InChI=1S/C14H20BrNO2/c1-18-8-7-14(5-6-14)10-16-9-11-3-2-4-12(15)13(11)17/h2-4,16-17H,5-10H2,1H3. The lowest BCUT2D eigenvalue weighted by Gasteiger charge is -2.16. The predicted molar refractivity (Wildman–Crippen MR) is 75.7 cm³/mol. The third kappa shape index (κ3) is 3.46. The number of ether oxygens (including phenoxy) is 1. The number of methoxy groups -OCH3 is 1. The van der Waals surface area contributed by atoms with Crippen LogP contribution in [0.25, 0.3) is 0 Å². The lowest BCUT2D eigenvalue weighted by molar-refractivity contribution is 0.171. The van der Waals surface area contributed by atoms with Gasteiger partial charge in [0, 0.05) is 32.4 Å². The van der Waals surface area contributed by atoms with Gasteiger partial charge in [0.05, 0.1) is 4.47 Å². The first-order valence-electron chi connectivity index (χ1n) is 6.33. The summed E-state index contributed by atoms with van der Waals surface area (Å²) >= 11 is 3.33. The summed E-state index contributed by atoms with van der Waals surface area (Å²) in [6, 6.07) is 5.74. The highest BCUT2D eigenvalue weighted by molar-refractivity contribution is 9.10. The first-order chi connectivity index (χ1) is 8.67. The van der Waals surface area contributed by atoms with Gasteiger partial charge >= 0.3 is 0 Å². The van der Waals surface area contributed by atoms with Crippen molar-refractivity contribution in [3.05, 3.63) is 28.2 Å². The Hall–Kier alpha value is -0.580. The Kier molecular flexibility index (Phi) is 4.65. The Morgan fingerprint density at radius 2 is 2.22 bits per heavy atom. The van der Waals surface area contributed by atoms with Crippen LogP contribution in [0.15, 0.2) is 22.7 Å². The molecule has 2 N–H and O–H groups in total. The molecule has 0 aliphatic heterocycles. The van der Waals surface area contributed by atoms with E-state index in [0.29, 0.717) is 17.7 Å². The van der Waals surface area contributed by atoms with E-state index in [1.165, 1.54) is 12.8 Å². The van der Waals surface area contributed by atoms with E-state index in [9.17, 15) is 5.11 Å². The maximum Gasteiger partial charge on any atom is 0.134 e. The SMILES string of the molecule is COCCC1(CNCc2cccc(Br)c2O)CC1. The number of rotatable bonds is 7. The largest absolute Gasteiger partial charge is 0.506 e. The minimum absolute atomic E-state index is 0.340. The highest BCUT2D eigenvalue weighted by Gasteiger charge is 2.41. The second kappa shape index (κ2) is 6.04. The summed E-state index contributed by atoms with van der Waals surface area (Å²) in [4.78, 5) is 0. The fourth-order valence-corrected chi connectivity index (χ4v) is 2.58. The number of hydrogen-bond acceptors (Lipinski definition) is 3. The maximum absolute atomic E-state index is 9.88. The first kappa shape index (κ1) is 13.8. The van der Waals surface area contributed by atoms with E-state index in [0.717, 1.165) is 29.6 Å². The molecule has 0 unspecified atom stereocenters. The summed E-state index contributed by atoms with van der Waals surface area (Å²) in [5.41, 5.74) is 1.38. The highest BCUT2D eigenvalue weighted by Crippen LogP contribution is 2.48. The summed E-state index contributed by atoms with van der Waals surface area (Å²) < 4.78 is 5.90. The van der Waals surface area contributed by atoms with Gasteiger partial charge in [-0.15, -0.1) is 0 Å². The summed E-state index contributed by atoms with van der Waals surface area (Å²) in [6.07, 6.45) is 3.70. The smallest absolute Gasteiger partial charge is 0.134 e. The van der Waals surface area contributed by atoms with Gasteiger partial charge in [-0.3, -0.25) is 0 Å². The van der Waals surface area contributed by atoms with Crippen molar-refractivity contribution < 1.29 is 9.84 Å². The number of hydrogen-bond donors (Lipinski definition) is 2. The van der Waals surface area contributed by atoms with Crippen LogP contribution in [-0.2, 0) is 11.3 Å². The molecule has 1 aromatic rings. The van der Waals surface area contributed by atoms with Crippen molar-refractivity contribution in [2.24, 2.45) is 5.41 Å². The normalized spacial score (nSPS) is 16.8. The quantitative estimate of drug-likeness (QED) is 0.813. The van der Waals surface area contributed by atoms with Crippen molar-refractivity contribution in [3.63, 3.8) is 0 Å². The fourth-order valence-electron chi connectivity index (χ4n) is 2.18.